The Hall–Kier alpha value is -2.85. The van der Waals surface area contributed by atoms with Crippen molar-refractivity contribution in [1.82, 2.24) is 9.97 Å². The highest BCUT2D eigenvalue weighted by molar-refractivity contribution is 6.30. The molecule has 0 fully saturated rings. The maximum atomic E-state index is 5.94. The number of anilines is 2. The van der Waals surface area contributed by atoms with Gasteiger partial charge in [0.25, 0.3) is 0 Å². The van der Waals surface area contributed by atoms with Crippen LogP contribution in [0.2, 0.25) is 5.02 Å². The van der Waals surface area contributed by atoms with Gasteiger partial charge in [0.05, 0.1) is 11.8 Å². The normalized spacial score (nSPS) is 10.8. The molecule has 2 aromatic carbocycles. The first kappa shape index (κ1) is 13.8. The largest absolute Gasteiger partial charge is 0.461 e. The SMILES string of the molecule is Clc1ccc(Nc2nc(-c3ccco3)nc3ccccc23)cc1. The van der Waals surface area contributed by atoms with Gasteiger partial charge < -0.3 is 9.73 Å². The van der Waals surface area contributed by atoms with E-state index in [1.807, 2.05) is 60.7 Å². The topological polar surface area (TPSA) is 51.0 Å². The van der Waals surface area contributed by atoms with E-state index in [9.17, 15) is 0 Å². The third-order valence-electron chi connectivity index (χ3n) is 3.45. The fourth-order valence-electron chi connectivity index (χ4n) is 2.36. The minimum atomic E-state index is 0.546. The van der Waals surface area contributed by atoms with Crippen LogP contribution in [0, 0.1) is 0 Å². The van der Waals surface area contributed by atoms with Crippen LogP contribution in [0.5, 0.6) is 0 Å². The van der Waals surface area contributed by atoms with Gasteiger partial charge in [0.15, 0.2) is 11.6 Å². The van der Waals surface area contributed by atoms with Crippen LogP contribution in [0.1, 0.15) is 0 Å². The summed E-state index contributed by atoms with van der Waals surface area (Å²) in [5, 5.41) is 4.96. The molecule has 2 aromatic heterocycles. The Morgan fingerprint density at radius 3 is 2.48 bits per heavy atom. The van der Waals surface area contributed by atoms with Crippen molar-refractivity contribution in [2.75, 3.05) is 5.32 Å². The first-order valence-corrected chi connectivity index (χ1v) is 7.51. The standard InChI is InChI=1S/C18H12ClN3O/c19-12-7-9-13(10-8-12)20-17-14-4-1-2-5-15(14)21-18(22-17)16-6-3-11-23-16/h1-11H,(H,20,21,22). The minimum Gasteiger partial charge on any atom is -0.461 e. The summed E-state index contributed by atoms with van der Waals surface area (Å²) in [6.45, 7) is 0. The highest BCUT2D eigenvalue weighted by Crippen LogP contribution is 2.27. The molecule has 112 valence electrons. The first-order chi connectivity index (χ1) is 11.3. The van der Waals surface area contributed by atoms with E-state index in [-0.39, 0.29) is 0 Å². The molecule has 4 nitrogen and oxygen atoms in total. The molecular formula is C18H12ClN3O. The molecule has 0 saturated heterocycles. The maximum absolute atomic E-state index is 5.94. The number of nitrogens with zero attached hydrogens (tertiary/aromatic N) is 2. The molecule has 4 rings (SSSR count). The van der Waals surface area contributed by atoms with E-state index < -0.39 is 0 Å². The number of hydrogen-bond donors (Lipinski definition) is 1. The lowest BCUT2D eigenvalue weighted by molar-refractivity contribution is 0.577. The molecule has 1 N–H and O–H groups in total. The Labute approximate surface area is 137 Å². The summed E-state index contributed by atoms with van der Waals surface area (Å²) in [6.07, 6.45) is 1.61. The summed E-state index contributed by atoms with van der Waals surface area (Å²) in [6, 6.07) is 19.0. The van der Waals surface area contributed by atoms with Crippen LogP contribution in [0.4, 0.5) is 11.5 Å². The Kier molecular flexibility index (Phi) is 3.44. The molecule has 0 unspecified atom stereocenters. The molecule has 0 aliphatic rings. The number of nitrogens with one attached hydrogen (secondary N) is 1. The molecular weight excluding hydrogens is 310 g/mol. The molecule has 2 heterocycles. The van der Waals surface area contributed by atoms with Crippen molar-refractivity contribution in [3.63, 3.8) is 0 Å². The van der Waals surface area contributed by atoms with Crippen LogP contribution < -0.4 is 5.32 Å². The summed E-state index contributed by atoms with van der Waals surface area (Å²) in [7, 11) is 0. The average molecular weight is 322 g/mol. The number of benzene rings is 2. The Morgan fingerprint density at radius 1 is 0.870 bits per heavy atom. The second-order valence-electron chi connectivity index (χ2n) is 5.02. The molecule has 5 heteroatoms. The zero-order valence-corrected chi connectivity index (χ0v) is 12.8. The summed E-state index contributed by atoms with van der Waals surface area (Å²) >= 11 is 5.94. The summed E-state index contributed by atoms with van der Waals surface area (Å²) in [4.78, 5) is 9.18. The minimum absolute atomic E-state index is 0.546. The fourth-order valence-corrected chi connectivity index (χ4v) is 2.48. The van der Waals surface area contributed by atoms with Crippen molar-refractivity contribution in [2.24, 2.45) is 0 Å². The third kappa shape index (κ3) is 2.76. The smallest absolute Gasteiger partial charge is 0.198 e. The maximum Gasteiger partial charge on any atom is 0.198 e. The molecule has 4 aromatic rings. The molecule has 0 atom stereocenters. The second kappa shape index (κ2) is 5.74. The van der Waals surface area contributed by atoms with Gasteiger partial charge in [-0.2, -0.15) is 0 Å². The fraction of sp³-hybridized carbons (Fsp3) is 0. The van der Waals surface area contributed by atoms with Crippen LogP contribution >= 0.6 is 11.6 Å². The first-order valence-electron chi connectivity index (χ1n) is 7.13. The van der Waals surface area contributed by atoms with E-state index in [1.54, 1.807) is 6.26 Å². The predicted molar refractivity (Wildman–Crippen MR) is 92.0 cm³/mol. The van der Waals surface area contributed by atoms with Crippen molar-refractivity contribution in [1.29, 1.82) is 0 Å². The molecule has 23 heavy (non-hydrogen) atoms. The van der Waals surface area contributed by atoms with Gasteiger partial charge >= 0.3 is 0 Å². The van der Waals surface area contributed by atoms with Crippen LogP contribution in [-0.4, -0.2) is 9.97 Å². The third-order valence-corrected chi connectivity index (χ3v) is 3.70. The van der Waals surface area contributed by atoms with Crippen molar-refractivity contribution in [2.45, 2.75) is 0 Å². The van der Waals surface area contributed by atoms with E-state index in [4.69, 9.17) is 16.0 Å². The number of para-hydroxylation sites is 1. The van der Waals surface area contributed by atoms with Crippen molar-refractivity contribution >= 4 is 34.0 Å². The highest BCUT2D eigenvalue weighted by Gasteiger charge is 2.11. The van der Waals surface area contributed by atoms with Gasteiger partial charge in [0.1, 0.15) is 5.82 Å². The van der Waals surface area contributed by atoms with Gasteiger partial charge in [-0.25, -0.2) is 9.97 Å². The van der Waals surface area contributed by atoms with Crippen molar-refractivity contribution in [3.05, 3.63) is 71.9 Å². The molecule has 0 radical (unpaired) electrons. The molecule has 0 amide bonds. The summed E-state index contributed by atoms with van der Waals surface area (Å²) < 4.78 is 5.42. The Balaban J connectivity index is 1.84. The molecule has 0 aliphatic heterocycles. The second-order valence-corrected chi connectivity index (χ2v) is 5.46. The van der Waals surface area contributed by atoms with Gasteiger partial charge in [0, 0.05) is 16.1 Å². The van der Waals surface area contributed by atoms with Crippen LogP contribution in [0.3, 0.4) is 0 Å². The lowest BCUT2D eigenvalue weighted by Crippen LogP contribution is -1.98. The van der Waals surface area contributed by atoms with Gasteiger partial charge in [-0.15, -0.1) is 0 Å². The lowest BCUT2D eigenvalue weighted by atomic mass is 10.2. The van der Waals surface area contributed by atoms with Crippen molar-refractivity contribution < 1.29 is 4.42 Å². The number of furan rings is 1. The van der Waals surface area contributed by atoms with Gasteiger partial charge in [-0.3, -0.25) is 0 Å². The molecule has 0 aliphatic carbocycles. The number of halogens is 1. The molecule has 0 spiro atoms. The zero-order chi connectivity index (χ0) is 15.6. The highest BCUT2D eigenvalue weighted by atomic mass is 35.5. The lowest BCUT2D eigenvalue weighted by Gasteiger charge is -2.10. The quantitative estimate of drug-likeness (QED) is 0.557. The zero-order valence-electron chi connectivity index (χ0n) is 12.0. The monoisotopic (exact) mass is 321 g/mol. The van der Waals surface area contributed by atoms with Crippen LogP contribution in [-0.2, 0) is 0 Å². The van der Waals surface area contributed by atoms with Crippen LogP contribution in [0.15, 0.2) is 71.3 Å². The Bertz CT molecular complexity index is 950. The number of rotatable bonds is 3. The van der Waals surface area contributed by atoms with E-state index in [0.29, 0.717) is 16.6 Å². The summed E-state index contributed by atoms with van der Waals surface area (Å²) in [5.41, 5.74) is 1.76. The van der Waals surface area contributed by atoms with E-state index in [2.05, 4.69) is 15.3 Å². The van der Waals surface area contributed by atoms with Crippen LogP contribution in [0.25, 0.3) is 22.5 Å². The predicted octanol–water partition coefficient (Wildman–Crippen LogP) is 5.29. The van der Waals surface area contributed by atoms with E-state index >= 15 is 0 Å². The molecule has 0 saturated carbocycles. The van der Waals surface area contributed by atoms with Crippen molar-refractivity contribution in [3.8, 4) is 11.6 Å². The van der Waals surface area contributed by atoms with Gasteiger partial charge in [-0.1, -0.05) is 23.7 Å². The Morgan fingerprint density at radius 2 is 1.70 bits per heavy atom. The number of aromatic nitrogens is 2. The van der Waals surface area contributed by atoms with Gasteiger partial charge in [0.2, 0.25) is 0 Å². The average Bonchev–Trinajstić information content (AvgIpc) is 3.11. The van der Waals surface area contributed by atoms with E-state index in [1.165, 1.54) is 0 Å². The summed E-state index contributed by atoms with van der Waals surface area (Å²) in [5.74, 6) is 1.91. The molecule has 0 bridgehead atoms. The van der Waals surface area contributed by atoms with E-state index in [0.717, 1.165) is 22.4 Å². The number of fused-ring (bicyclic) bond motifs is 1. The van der Waals surface area contributed by atoms with Gasteiger partial charge in [-0.05, 0) is 48.5 Å². The number of hydrogen-bond acceptors (Lipinski definition) is 4.